The number of anilines is 1. The molecule has 166 valence electrons. The summed E-state index contributed by atoms with van der Waals surface area (Å²) in [7, 11) is 0. The molecule has 0 atom stereocenters. The molecule has 0 spiro atoms. The summed E-state index contributed by atoms with van der Waals surface area (Å²) in [6.45, 7) is 3.59. The minimum absolute atomic E-state index is 0.139. The molecule has 0 saturated carbocycles. The Morgan fingerprint density at radius 1 is 0.968 bits per heavy atom. The van der Waals surface area contributed by atoms with E-state index in [9.17, 15) is 8.78 Å². The summed E-state index contributed by atoms with van der Waals surface area (Å²) in [5.74, 6) is -0.495. The normalized spacial score (nSPS) is 14.2. The molecular weight excluding hydrogens is 418 g/mol. The van der Waals surface area contributed by atoms with E-state index in [4.69, 9.17) is 4.42 Å². The fourth-order valence-electron chi connectivity index (χ4n) is 3.46. The first-order valence-electron chi connectivity index (χ1n) is 10.5. The van der Waals surface area contributed by atoms with E-state index in [-0.39, 0.29) is 5.89 Å². The van der Waals surface area contributed by atoms with E-state index >= 15 is 0 Å². The van der Waals surface area contributed by atoms with Crippen LogP contribution in [0.5, 0.6) is 0 Å². The van der Waals surface area contributed by atoms with Crippen LogP contribution in [0.25, 0.3) is 11.5 Å². The number of alkyl halides is 2. The molecule has 8 heteroatoms. The highest BCUT2D eigenvalue weighted by atomic mass is 32.1. The zero-order valence-corrected chi connectivity index (χ0v) is 18.3. The number of benzene rings is 2. The Morgan fingerprint density at radius 3 is 2.26 bits per heavy atom. The van der Waals surface area contributed by atoms with Crippen molar-refractivity contribution in [2.24, 2.45) is 0 Å². The molecular formula is C23H28F2N4OS. The monoisotopic (exact) mass is 446 g/mol. The number of aryl methyl sites for hydroxylation is 1. The van der Waals surface area contributed by atoms with Crippen LogP contribution in [-0.4, -0.2) is 34.7 Å². The van der Waals surface area contributed by atoms with Gasteiger partial charge >= 0.3 is 6.43 Å². The van der Waals surface area contributed by atoms with Gasteiger partial charge in [-0.15, -0.1) is 10.2 Å². The van der Waals surface area contributed by atoms with Gasteiger partial charge in [-0.3, -0.25) is 0 Å². The largest absolute Gasteiger partial charge is 0.415 e. The van der Waals surface area contributed by atoms with Crippen molar-refractivity contribution in [2.45, 2.75) is 38.5 Å². The second-order valence-corrected chi connectivity index (χ2v) is 7.65. The third kappa shape index (κ3) is 7.63. The van der Waals surface area contributed by atoms with Crippen LogP contribution < -0.4 is 4.72 Å². The Hall–Kier alpha value is -2.45. The molecule has 31 heavy (non-hydrogen) atoms. The first-order chi connectivity index (χ1) is 15.2. The SMILES string of the molecule is FC(F)c1nnc(-c2ccc(CCCN3CCCCC3)cc2)o1.SNc1ccccc1. The summed E-state index contributed by atoms with van der Waals surface area (Å²) in [6, 6.07) is 17.5. The van der Waals surface area contributed by atoms with Gasteiger partial charge in [0.15, 0.2) is 0 Å². The van der Waals surface area contributed by atoms with Crippen LogP contribution in [0.2, 0.25) is 0 Å². The maximum absolute atomic E-state index is 12.5. The number of nitrogens with one attached hydrogen (secondary N) is 1. The molecule has 1 N–H and O–H groups in total. The molecule has 4 rings (SSSR count). The summed E-state index contributed by atoms with van der Waals surface area (Å²) in [6.07, 6.45) is 3.42. The molecule has 2 heterocycles. The topological polar surface area (TPSA) is 54.2 Å². The summed E-state index contributed by atoms with van der Waals surface area (Å²) < 4.78 is 32.6. The molecule has 1 aliphatic rings. The molecule has 0 aliphatic carbocycles. The van der Waals surface area contributed by atoms with E-state index in [1.165, 1.54) is 37.9 Å². The molecule has 0 amide bonds. The highest BCUT2D eigenvalue weighted by molar-refractivity contribution is 7.81. The highest BCUT2D eigenvalue weighted by Crippen LogP contribution is 2.23. The van der Waals surface area contributed by atoms with Gasteiger partial charge in [-0.05, 0) is 75.1 Å². The smallest absolute Gasteiger partial charge is 0.314 e. The lowest BCUT2D eigenvalue weighted by Crippen LogP contribution is -2.30. The van der Waals surface area contributed by atoms with Gasteiger partial charge in [-0.1, -0.05) is 49.6 Å². The lowest BCUT2D eigenvalue weighted by Gasteiger charge is -2.26. The van der Waals surface area contributed by atoms with Crippen molar-refractivity contribution in [3.05, 3.63) is 66.1 Å². The van der Waals surface area contributed by atoms with Crippen LogP contribution in [0, 0.1) is 0 Å². The number of rotatable bonds is 7. The maximum Gasteiger partial charge on any atom is 0.314 e. The fraction of sp³-hybridized carbons (Fsp3) is 0.391. The predicted molar refractivity (Wildman–Crippen MR) is 122 cm³/mol. The van der Waals surface area contributed by atoms with E-state index < -0.39 is 12.3 Å². The number of hydrogen-bond acceptors (Lipinski definition) is 6. The van der Waals surface area contributed by atoms with Gasteiger partial charge in [0.05, 0.1) is 0 Å². The number of nitrogens with zero attached hydrogens (tertiary/aromatic N) is 3. The standard InChI is InChI=1S/C17H21F2N3O.C6H7NS/c18-15(19)17-21-20-16(23-17)14-8-6-13(7-9-14)5-4-12-22-10-2-1-3-11-22;8-7-6-4-2-1-3-5-6/h6-9,15H,1-5,10-12H2;1-5,7-8H. The van der Waals surface area contributed by atoms with Crippen LogP contribution in [0.3, 0.4) is 0 Å². The average Bonchev–Trinajstić information content (AvgIpc) is 3.32. The van der Waals surface area contributed by atoms with E-state index in [0.717, 1.165) is 25.1 Å². The molecule has 3 aromatic rings. The summed E-state index contributed by atoms with van der Waals surface area (Å²) in [5.41, 5.74) is 2.93. The van der Waals surface area contributed by atoms with E-state index in [1.807, 2.05) is 54.6 Å². The lowest BCUT2D eigenvalue weighted by atomic mass is 10.1. The number of aromatic nitrogens is 2. The van der Waals surface area contributed by atoms with Crippen LogP contribution in [0.1, 0.15) is 43.6 Å². The molecule has 0 radical (unpaired) electrons. The first-order valence-corrected chi connectivity index (χ1v) is 11.0. The summed E-state index contributed by atoms with van der Waals surface area (Å²) in [4.78, 5) is 2.53. The number of thiol groups is 1. The number of hydrogen-bond donors (Lipinski definition) is 2. The minimum atomic E-state index is -2.73. The molecule has 5 nitrogen and oxygen atoms in total. The Balaban J connectivity index is 0.000000287. The zero-order chi connectivity index (χ0) is 21.9. The molecule has 1 saturated heterocycles. The van der Waals surface area contributed by atoms with Crippen LogP contribution in [0.4, 0.5) is 14.5 Å². The molecule has 1 fully saturated rings. The van der Waals surface area contributed by atoms with Crippen molar-refractivity contribution in [2.75, 3.05) is 24.4 Å². The van der Waals surface area contributed by atoms with Gasteiger partial charge in [-0.25, -0.2) is 0 Å². The lowest BCUT2D eigenvalue weighted by molar-refractivity contribution is 0.116. The van der Waals surface area contributed by atoms with E-state index in [1.54, 1.807) is 0 Å². The van der Waals surface area contributed by atoms with Gasteiger partial charge in [0, 0.05) is 11.3 Å². The maximum atomic E-state index is 12.5. The first kappa shape index (κ1) is 23.2. The number of piperidine rings is 1. The van der Waals surface area contributed by atoms with E-state index in [2.05, 4.69) is 32.6 Å². The van der Waals surface area contributed by atoms with Crippen LogP contribution in [0.15, 0.2) is 59.0 Å². The second-order valence-electron chi connectivity index (χ2n) is 7.43. The highest BCUT2D eigenvalue weighted by Gasteiger charge is 2.16. The average molecular weight is 447 g/mol. The van der Waals surface area contributed by atoms with Crippen LogP contribution in [-0.2, 0) is 6.42 Å². The fourth-order valence-corrected chi connectivity index (χ4v) is 3.60. The number of para-hydroxylation sites is 1. The van der Waals surface area contributed by atoms with Crippen molar-refractivity contribution in [1.82, 2.24) is 15.1 Å². The second kappa shape index (κ2) is 12.4. The number of halogens is 2. The summed E-state index contributed by atoms with van der Waals surface area (Å²) >= 11 is 3.86. The van der Waals surface area contributed by atoms with Crippen molar-refractivity contribution < 1.29 is 13.2 Å². The van der Waals surface area contributed by atoms with Gasteiger partial charge in [0.25, 0.3) is 5.89 Å². The Morgan fingerprint density at radius 2 is 1.68 bits per heavy atom. The van der Waals surface area contributed by atoms with Crippen molar-refractivity contribution >= 4 is 18.5 Å². The van der Waals surface area contributed by atoms with Gasteiger partial charge in [0.1, 0.15) is 0 Å². The van der Waals surface area contributed by atoms with Gasteiger partial charge < -0.3 is 14.0 Å². The van der Waals surface area contributed by atoms with Gasteiger partial charge in [-0.2, -0.15) is 8.78 Å². The third-order valence-electron chi connectivity index (χ3n) is 5.12. The zero-order valence-electron chi connectivity index (χ0n) is 17.4. The Kier molecular flexibility index (Phi) is 9.30. The molecule has 0 unspecified atom stereocenters. The van der Waals surface area contributed by atoms with Crippen molar-refractivity contribution in [1.29, 1.82) is 0 Å². The van der Waals surface area contributed by atoms with Crippen LogP contribution >= 0.6 is 12.8 Å². The molecule has 1 aliphatic heterocycles. The summed E-state index contributed by atoms with van der Waals surface area (Å²) in [5, 5.41) is 7.00. The predicted octanol–water partition coefficient (Wildman–Crippen LogP) is 6.04. The Labute approximate surface area is 187 Å². The van der Waals surface area contributed by atoms with Crippen molar-refractivity contribution in [3.63, 3.8) is 0 Å². The van der Waals surface area contributed by atoms with Gasteiger partial charge in [0.2, 0.25) is 5.89 Å². The van der Waals surface area contributed by atoms with E-state index in [0.29, 0.717) is 5.56 Å². The molecule has 0 bridgehead atoms. The third-order valence-corrected chi connectivity index (χ3v) is 5.38. The van der Waals surface area contributed by atoms with Crippen molar-refractivity contribution in [3.8, 4) is 11.5 Å². The molecule has 1 aromatic heterocycles. The minimum Gasteiger partial charge on any atom is -0.415 e. The quantitative estimate of drug-likeness (QED) is 0.434. The Bertz CT molecular complexity index is 884. The number of likely N-dealkylation sites (tertiary alicyclic amines) is 1. The molecule has 2 aromatic carbocycles.